The molecule has 8 heteroatoms. The van der Waals surface area contributed by atoms with Crippen molar-refractivity contribution < 1.29 is 22.7 Å². The molecule has 1 aromatic rings. The number of aromatic nitrogens is 1. The molecule has 4 nitrogen and oxygen atoms in total. The number of carbonyl (C=O) groups is 1. The lowest BCUT2D eigenvalue weighted by Crippen LogP contribution is -2.56. The first kappa shape index (κ1) is 15.9. The maximum Gasteiger partial charge on any atom is 0.417 e. The van der Waals surface area contributed by atoms with Crippen LogP contribution in [0.1, 0.15) is 18.4 Å². The van der Waals surface area contributed by atoms with Crippen LogP contribution in [0, 0.1) is 0 Å². The van der Waals surface area contributed by atoms with Crippen LogP contribution in [0.4, 0.5) is 13.2 Å². The number of nitrogens with zero attached hydrogens (tertiary/aromatic N) is 2. The van der Waals surface area contributed by atoms with Gasteiger partial charge in [-0.25, -0.2) is 4.98 Å². The van der Waals surface area contributed by atoms with Crippen LogP contribution >= 0.6 is 11.6 Å². The molecule has 2 rings (SSSR count). The minimum absolute atomic E-state index is 0.0101. The fraction of sp³-hybridized carbons (Fsp3) is 0.538. The van der Waals surface area contributed by atoms with E-state index >= 15 is 0 Å². The summed E-state index contributed by atoms with van der Waals surface area (Å²) in [6.45, 7) is 0.841. The number of carbonyl (C=O) groups excluding carboxylic acids is 1. The largest absolute Gasteiger partial charge is 0.471 e. The number of rotatable bonds is 5. The number of hydrogen-bond donors (Lipinski definition) is 0. The Labute approximate surface area is 124 Å². The molecule has 0 atom stereocenters. The fourth-order valence-corrected chi connectivity index (χ4v) is 2.01. The van der Waals surface area contributed by atoms with Gasteiger partial charge in [0.2, 0.25) is 11.8 Å². The standard InChI is InChI=1S/C13H14ClF3N2O2/c14-5-1-2-12(20)19-7-10(8-19)21-11-4-3-9(6-18-11)13(15,16)17/h3-4,6,10H,1-2,5,7-8H2. The fourth-order valence-electron chi connectivity index (χ4n) is 1.88. The Morgan fingerprint density at radius 3 is 2.67 bits per heavy atom. The van der Waals surface area contributed by atoms with Gasteiger partial charge in [0.15, 0.2) is 0 Å². The molecule has 1 aliphatic heterocycles. The quantitative estimate of drug-likeness (QED) is 0.783. The van der Waals surface area contributed by atoms with Gasteiger partial charge in [0.05, 0.1) is 18.7 Å². The van der Waals surface area contributed by atoms with Gasteiger partial charge in [-0.05, 0) is 12.5 Å². The normalized spacial score (nSPS) is 15.7. The van der Waals surface area contributed by atoms with E-state index in [-0.39, 0.29) is 17.9 Å². The molecular formula is C13H14ClF3N2O2. The summed E-state index contributed by atoms with van der Waals surface area (Å²) in [6.07, 6.45) is -2.88. The molecule has 0 saturated carbocycles. The Kier molecular flexibility index (Phi) is 4.92. The second kappa shape index (κ2) is 6.51. The number of likely N-dealkylation sites (tertiary alicyclic amines) is 1. The maximum atomic E-state index is 12.4. The van der Waals surface area contributed by atoms with Crippen LogP contribution in [0.15, 0.2) is 18.3 Å². The van der Waals surface area contributed by atoms with Crippen molar-refractivity contribution in [2.24, 2.45) is 0 Å². The van der Waals surface area contributed by atoms with Crippen LogP contribution < -0.4 is 4.74 Å². The monoisotopic (exact) mass is 322 g/mol. The number of pyridine rings is 1. The molecule has 0 spiro atoms. The molecule has 0 unspecified atom stereocenters. The van der Waals surface area contributed by atoms with Crippen molar-refractivity contribution in [3.63, 3.8) is 0 Å². The molecule has 1 aromatic heterocycles. The SMILES string of the molecule is O=C(CCCCl)N1CC(Oc2ccc(C(F)(F)F)cn2)C1. The summed E-state index contributed by atoms with van der Waals surface area (Å²) in [5.41, 5.74) is -0.818. The Bertz CT molecular complexity index is 487. The third-order valence-corrected chi connectivity index (χ3v) is 3.34. The summed E-state index contributed by atoms with van der Waals surface area (Å²) in [4.78, 5) is 16.9. The lowest BCUT2D eigenvalue weighted by Gasteiger charge is -2.38. The minimum Gasteiger partial charge on any atom is -0.471 e. The predicted octanol–water partition coefficient (Wildman–Crippen LogP) is 2.71. The minimum atomic E-state index is -4.41. The molecule has 21 heavy (non-hydrogen) atoms. The van der Waals surface area contributed by atoms with Gasteiger partial charge in [-0.3, -0.25) is 4.79 Å². The lowest BCUT2D eigenvalue weighted by atomic mass is 10.1. The molecule has 1 aliphatic rings. The zero-order chi connectivity index (χ0) is 15.5. The van der Waals surface area contributed by atoms with Crippen molar-refractivity contribution >= 4 is 17.5 Å². The highest BCUT2D eigenvalue weighted by molar-refractivity contribution is 6.17. The first-order valence-electron chi connectivity index (χ1n) is 6.44. The predicted molar refractivity (Wildman–Crippen MR) is 70.2 cm³/mol. The average Bonchev–Trinajstić information content (AvgIpc) is 2.39. The molecule has 0 N–H and O–H groups in total. The Balaban J connectivity index is 1.79. The summed E-state index contributed by atoms with van der Waals surface area (Å²) in [6, 6.07) is 2.10. The van der Waals surface area contributed by atoms with Crippen LogP contribution in [-0.4, -0.2) is 40.9 Å². The number of hydrogen-bond acceptors (Lipinski definition) is 3. The van der Waals surface area contributed by atoms with Crippen molar-refractivity contribution in [3.05, 3.63) is 23.9 Å². The van der Waals surface area contributed by atoms with Crippen molar-refractivity contribution in [2.45, 2.75) is 25.1 Å². The van der Waals surface area contributed by atoms with Gasteiger partial charge in [0.1, 0.15) is 6.10 Å². The van der Waals surface area contributed by atoms with E-state index in [4.69, 9.17) is 16.3 Å². The van der Waals surface area contributed by atoms with Gasteiger partial charge in [0.25, 0.3) is 0 Å². The summed E-state index contributed by atoms with van der Waals surface area (Å²) < 4.78 is 42.5. The second-order valence-electron chi connectivity index (χ2n) is 4.71. The van der Waals surface area contributed by atoms with Gasteiger partial charge in [0, 0.05) is 24.6 Å². The molecule has 0 bridgehead atoms. The molecule has 116 valence electrons. The lowest BCUT2D eigenvalue weighted by molar-refractivity contribution is -0.140. The Hall–Kier alpha value is -1.50. The summed E-state index contributed by atoms with van der Waals surface area (Å²) >= 11 is 5.51. The van der Waals surface area contributed by atoms with Gasteiger partial charge in [-0.2, -0.15) is 13.2 Å². The smallest absolute Gasteiger partial charge is 0.417 e. The molecule has 2 heterocycles. The van der Waals surface area contributed by atoms with E-state index in [2.05, 4.69) is 4.98 Å². The number of alkyl halides is 4. The zero-order valence-corrected chi connectivity index (χ0v) is 11.8. The van der Waals surface area contributed by atoms with Gasteiger partial charge in [-0.1, -0.05) is 0 Å². The van der Waals surface area contributed by atoms with Gasteiger partial charge in [-0.15, -0.1) is 11.6 Å². The zero-order valence-electron chi connectivity index (χ0n) is 11.1. The molecule has 1 saturated heterocycles. The van der Waals surface area contributed by atoms with Crippen LogP contribution in [0.5, 0.6) is 5.88 Å². The van der Waals surface area contributed by atoms with E-state index in [0.717, 1.165) is 12.3 Å². The Morgan fingerprint density at radius 1 is 1.43 bits per heavy atom. The summed E-state index contributed by atoms with van der Waals surface area (Å²) in [5, 5.41) is 0. The first-order chi connectivity index (χ1) is 9.90. The first-order valence-corrected chi connectivity index (χ1v) is 6.97. The van der Waals surface area contributed by atoms with Crippen molar-refractivity contribution in [1.82, 2.24) is 9.88 Å². The van der Waals surface area contributed by atoms with E-state index in [1.165, 1.54) is 6.07 Å². The maximum absolute atomic E-state index is 12.4. The third kappa shape index (κ3) is 4.23. The van der Waals surface area contributed by atoms with Crippen molar-refractivity contribution in [1.29, 1.82) is 0 Å². The molecule has 0 radical (unpaired) electrons. The van der Waals surface area contributed by atoms with Crippen LogP contribution in [0.3, 0.4) is 0 Å². The summed E-state index contributed by atoms with van der Waals surface area (Å²) in [7, 11) is 0. The van der Waals surface area contributed by atoms with Crippen molar-refractivity contribution in [2.75, 3.05) is 19.0 Å². The molecular weight excluding hydrogens is 309 g/mol. The highest BCUT2D eigenvalue weighted by Crippen LogP contribution is 2.29. The van der Waals surface area contributed by atoms with Gasteiger partial charge < -0.3 is 9.64 Å². The van der Waals surface area contributed by atoms with Crippen LogP contribution in [0.25, 0.3) is 0 Å². The molecule has 0 aliphatic carbocycles. The average molecular weight is 323 g/mol. The second-order valence-corrected chi connectivity index (χ2v) is 5.09. The third-order valence-electron chi connectivity index (χ3n) is 3.08. The van der Waals surface area contributed by atoms with E-state index in [1.54, 1.807) is 4.90 Å². The van der Waals surface area contributed by atoms with E-state index < -0.39 is 11.7 Å². The molecule has 0 aromatic carbocycles. The Morgan fingerprint density at radius 2 is 2.14 bits per heavy atom. The highest BCUT2D eigenvalue weighted by atomic mass is 35.5. The highest BCUT2D eigenvalue weighted by Gasteiger charge is 2.33. The molecule has 1 fully saturated rings. The van der Waals surface area contributed by atoms with E-state index in [0.29, 0.717) is 31.8 Å². The molecule has 1 amide bonds. The van der Waals surface area contributed by atoms with Crippen LogP contribution in [-0.2, 0) is 11.0 Å². The summed E-state index contributed by atoms with van der Waals surface area (Å²) in [5.74, 6) is 0.575. The topological polar surface area (TPSA) is 42.4 Å². The van der Waals surface area contributed by atoms with E-state index in [1.807, 2.05) is 0 Å². The number of halogens is 4. The number of amides is 1. The van der Waals surface area contributed by atoms with Crippen molar-refractivity contribution in [3.8, 4) is 5.88 Å². The van der Waals surface area contributed by atoms with E-state index in [9.17, 15) is 18.0 Å². The number of ether oxygens (including phenoxy) is 1. The van der Waals surface area contributed by atoms with Gasteiger partial charge >= 0.3 is 6.18 Å². The van der Waals surface area contributed by atoms with Crippen LogP contribution in [0.2, 0.25) is 0 Å².